The SMILES string of the molecule is COc1cccc2c1CCC=C2I. The van der Waals surface area contributed by atoms with Gasteiger partial charge in [-0.05, 0) is 47.1 Å². The minimum absolute atomic E-state index is 1.03. The number of fused-ring (bicyclic) bond motifs is 1. The van der Waals surface area contributed by atoms with Crippen LogP contribution in [-0.2, 0) is 6.42 Å². The molecule has 0 fully saturated rings. The van der Waals surface area contributed by atoms with Gasteiger partial charge in [-0.3, -0.25) is 0 Å². The Morgan fingerprint density at radius 2 is 2.23 bits per heavy atom. The zero-order valence-corrected chi connectivity index (χ0v) is 9.67. The van der Waals surface area contributed by atoms with Gasteiger partial charge >= 0.3 is 0 Å². The lowest BCUT2D eigenvalue weighted by Gasteiger charge is -2.16. The lowest BCUT2D eigenvalue weighted by atomic mass is 9.97. The van der Waals surface area contributed by atoms with Crippen molar-refractivity contribution >= 4 is 26.2 Å². The quantitative estimate of drug-likeness (QED) is 0.719. The van der Waals surface area contributed by atoms with Crippen molar-refractivity contribution < 1.29 is 4.74 Å². The Kier molecular flexibility index (Phi) is 2.58. The first-order chi connectivity index (χ1) is 6.33. The van der Waals surface area contributed by atoms with Crippen LogP contribution in [0.4, 0.5) is 0 Å². The standard InChI is InChI=1S/C11H11IO/c1-13-11-7-3-4-8-9(11)5-2-6-10(8)12/h3-4,6-7H,2,5H2,1H3. The molecular weight excluding hydrogens is 275 g/mol. The molecule has 0 radical (unpaired) electrons. The number of ether oxygens (including phenoxy) is 1. The third-order valence-corrected chi connectivity index (χ3v) is 3.35. The van der Waals surface area contributed by atoms with E-state index in [9.17, 15) is 0 Å². The van der Waals surface area contributed by atoms with Crippen LogP contribution in [0, 0.1) is 0 Å². The Balaban J connectivity index is 2.57. The van der Waals surface area contributed by atoms with E-state index in [2.05, 4.69) is 40.8 Å². The van der Waals surface area contributed by atoms with Crippen LogP contribution >= 0.6 is 22.6 Å². The van der Waals surface area contributed by atoms with Crippen molar-refractivity contribution in [2.45, 2.75) is 12.8 Å². The molecule has 0 spiro atoms. The Labute approximate surface area is 91.9 Å². The topological polar surface area (TPSA) is 9.23 Å². The zero-order chi connectivity index (χ0) is 9.26. The number of allylic oxidation sites excluding steroid dienone is 1. The molecule has 0 saturated heterocycles. The number of hydrogen-bond donors (Lipinski definition) is 0. The second-order valence-electron chi connectivity index (χ2n) is 3.08. The van der Waals surface area contributed by atoms with Gasteiger partial charge in [-0.25, -0.2) is 0 Å². The number of hydrogen-bond acceptors (Lipinski definition) is 1. The van der Waals surface area contributed by atoms with Crippen LogP contribution in [0.15, 0.2) is 24.3 Å². The third-order valence-electron chi connectivity index (χ3n) is 2.33. The van der Waals surface area contributed by atoms with Gasteiger partial charge in [0.15, 0.2) is 0 Å². The molecule has 1 aliphatic rings. The van der Waals surface area contributed by atoms with Gasteiger partial charge in [0.05, 0.1) is 7.11 Å². The average Bonchev–Trinajstić information content (AvgIpc) is 2.18. The van der Waals surface area contributed by atoms with E-state index in [1.54, 1.807) is 7.11 Å². The summed E-state index contributed by atoms with van der Waals surface area (Å²) in [4.78, 5) is 0. The first-order valence-corrected chi connectivity index (χ1v) is 5.42. The normalized spacial score (nSPS) is 14.8. The minimum atomic E-state index is 1.03. The molecule has 68 valence electrons. The largest absolute Gasteiger partial charge is 0.496 e. The van der Waals surface area contributed by atoms with Crippen molar-refractivity contribution in [3.05, 3.63) is 35.4 Å². The van der Waals surface area contributed by atoms with Crippen LogP contribution < -0.4 is 4.74 Å². The van der Waals surface area contributed by atoms with Gasteiger partial charge < -0.3 is 4.74 Å². The van der Waals surface area contributed by atoms with Crippen molar-refractivity contribution in [2.24, 2.45) is 0 Å². The lowest BCUT2D eigenvalue weighted by Crippen LogP contribution is -1.99. The van der Waals surface area contributed by atoms with Crippen LogP contribution in [0.1, 0.15) is 17.5 Å². The van der Waals surface area contributed by atoms with Crippen molar-refractivity contribution in [1.29, 1.82) is 0 Å². The minimum Gasteiger partial charge on any atom is -0.496 e. The summed E-state index contributed by atoms with van der Waals surface area (Å²) < 4.78 is 6.68. The summed E-state index contributed by atoms with van der Waals surface area (Å²) in [5.74, 6) is 1.03. The molecule has 13 heavy (non-hydrogen) atoms. The monoisotopic (exact) mass is 286 g/mol. The molecule has 0 atom stereocenters. The van der Waals surface area contributed by atoms with Crippen LogP contribution in [0.3, 0.4) is 0 Å². The van der Waals surface area contributed by atoms with E-state index in [1.165, 1.54) is 14.7 Å². The van der Waals surface area contributed by atoms with Crippen molar-refractivity contribution in [3.8, 4) is 5.75 Å². The molecule has 1 aromatic carbocycles. The summed E-state index contributed by atoms with van der Waals surface area (Å²) in [5, 5.41) is 0. The third kappa shape index (κ3) is 1.59. The molecule has 1 aliphatic carbocycles. The molecule has 1 aromatic rings. The van der Waals surface area contributed by atoms with Crippen LogP contribution in [0.25, 0.3) is 3.58 Å². The molecule has 2 heteroatoms. The molecule has 0 aliphatic heterocycles. The summed E-state index contributed by atoms with van der Waals surface area (Å²) in [5.41, 5.74) is 2.70. The number of methoxy groups -OCH3 is 1. The smallest absolute Gasteiger partial charge is 0.122 e. The number of rotatable bonds is 1. The highest BCUT2D eigenvalue weighted by Crippen LogP contribution is 2.35. The molecule has 0 aromatic heterocycles. The summed E-state index contributed by atoms with van der Waals surface area (Å²) in [6, 6.07) is 6.25. The van der Waals surface area contributed by atoms with Crippen LogP contribution in [-0.4, -0.2) is 7.11 Å². The van der Waals surface area contributed by atoms with Crippen molar-refractivity contribution in [3.63, 3.8) is 0 Å². The number of benzene rings is 1. The van der Waals surface area contributed by atoms with E-state index < -0.39 is 0 Å². The molecule has 0 heterocycles. The van der Waals surface area contributed by atoms with E-state index in [1.807, 2.05) is 6.07 Å². The molecule has 2 rings (SSSR count). The van der Waals surface area contributed by atoms with Gasteiger partial charge in [-0.2, -0.15) is 0 Å². The predicted octanol–water partition coefficient (Wildman–Crippen LogP) is 3.42. The Hall–Kier alpha value is -0.510. The zero-order valence-electron chi connectivity index (χ0n) is 7.51. The summed E-state index contributed by atoms with van der Waals surface area (Å²) >= 11 is 2.39. The first kappa shape index (κ1) is 9.06. The Morgan fingerprint density at radius 1 is 1.38 bits per heavy atom. The molecular formula is C11H11IO. The molecule has 0 N–H and O–H groups in total. The first-order valence-electron chi connectivity index (χ1n) is 4.35. The van der Waals surface area contributed by atoms with Crippen LogP contribution in [0.2, 0.25) is 0 Å². The van der Waals surface area contributed by atoms with Gasteiger partial charge in [-0.15, -0.1) is 0 Å². The molecule has 0 unspecified atom stereocenters. The molecule has 0 amide bonds. The fourth-order valence-electron chi connectivity index (χ4n) is 1.69. The van der Waals surface area contributed by atoms with E-state index in [4.69, 9.17) is 4.74 Å². The molecule has 0 saturated carbocycles. The summed E-state index contributed by atoms with van der Waals surface area (Å²) in [6.45, 7) is 0. The van der Waals surface area contributed by atoms with Gasteiger partial charge in [-0.1, -0.05) is 18.2 Å². The maximum Gasteiger partial charge on any atom is 0.122 e. The molecule has 0 bridgehead atoms. The Morgan fingerprint density at radius 3 is 3.00 bits per heavy atom. The van der Waals surface area contributed by atoms with E-state index >= 15 is 0 Å². The predicted molar refractivity (Wildman–Crippen MR) is 63.3 cm³/mol. The number of halogens is 1. The maximum absolute atomic E-state index is 5.33. The second-order valence-corrected chi connectivity index (χ2v) is 4.24. The van der Waals surface area contributed by atoms with Gasteiger partial charge in [0.1, 0.15) is 5.75 Å². The Bertz CT molecular complexity index is 355. The second kappa shape index (κ2) is 3.70. The summed E-state index contributed by atoms with van der Waals surface area (Å²) in [6.07, 6.45) is 4.51. The van der Waals surface area contributed by atoms with E-state index in [-0.39, 0.29) is 0 Å². The fourth-order valence-corrected chi connectivity index (χ4v) is 2.51. The van der Waals surface area contributed by atoms with E-state index in [0.29, 0.717) is 0 Å². The van der Waals surface area contributed by atoms with E-state index in [0.717, 1.165) is 18.6 Å². The summed E-state index contributed by atoms with van der Waals surface area (Å²) in [7, 11) is 1.74. The van der Waals surface area contributed by atoms with Gasteiger partial charge in [0, 0.05) is 9.14 Å². The van der Waals surface area contributed by atoms with Crippen molar-refractivity contribution in [2.75, 3.05) is 7.11 Å². The van der Waals surface area contributed by atoms with Crippen LogP contribution in [0.5, 0.6) is 5.75 Å². The van der Waals surface area contributed by atoms with Gasteiger partial charge in [0.25, 0.3) is 0 Å². The highest BCUT2D eigenvalue weighted by Gasteiger charge is 2.13. The highest BCUT2D eigenvalue weighted by atomic mass is 127. The highest BCUT2D eigenvalue weighted by molar-refractivity contribution is 14.1. The fraction of sp³-hybridized carbons (Fsp3) is 0.273. The average molecular weight is 286 g/mol. The maximum atomic E-state index is 5.33. The van der Waals surface area contributed by atoms with Crippen molar-refractivity contribution in [1.82, 2.24) is 0 Å². The lowest BCUT2D eigenvalue weighted by molar-refractivity contribution is 0.409. The van der Waals surface area contributed by atoms with Gasteiger partial charge in [0.2, 0.25) is 0 Å². The molecule has 1 nitrogen and oxygen atoms in total.